The average molecular weight is 323 g/mol. The molecule has 1 unspecified atom stereocenters. The molecule has 3 rings (SSSR count). The first-order valence-electron chi connectivity index (χ1n) is 8.72. The van der Waals surface area contributed by atoms with Gasteiger partial charge in [-0.2, -0.15) is 0 Å². The van der Waals surface area contributed by atoms with Crippen LogP contribution < -0.4 is 0 Å². The van der Waals surface area contributed by atoms with E-state index >= 15 is 0 Å². The van der Waals surface area contributed by atoms with Gasteiger partial charge in [-0.3, -0.25) is 4.79 Å². The predicted molar refractivity (Wildman–Crippen MR) is 95.4 cm³/mol. The lowest BCUT2D eigenvalue weighted by atomic mass is 9.78. The second-order valence-corrected chi connectivity index (χ2v) is 6.70. The molecule has 1 N–H and O–H groups in total. The third kappa shape index (κ3) is 3.68. The molecular weight excluding hydrogens is 298 g/mol. The van der Waals surface area contributed by atoms with Gasteiger partial charge in [0.05, 0.1) is 5.41 Å². The van der Waals surface area contributed by atoms with Crippen LogP contribution in [0.3, 0.4) is 0 Å². The maximum absolute atomic E-state index is 13.1. The fourth-order valence-electron chi connectivity index (χ4n) is 3.68. The van der Waals surface area contributed by atoms with Crippen molar-refractivity contribution in [1.29, 1.82) is 0 Å². The average Bonchev–Trinajstić information content (AvgIpc) is 2.92. The Hall–Kier alpha value is -2.13. The Morgan fingerprint density at radius 1 is 0.917 bits per heavy atom. The molecule has 0 aromatic heterocycles. The molecule has 3 heteroatoms. The summed E-state index contributed by atoms with van der Waals surface area (Å²) in [6.07, 6.45) is 3.09. The Kier molecular flexibility index (Phi) is 5.31. The highest BCUT2D eigenvalue weighted by atomic mass is 16.3. The van der Waals surface area contributed by atoms with Crippen LogP contribution in [-0.2, 0) is 17.8 Å². The first-order valence-corrected chi connectivity index (χ1v) is 8.72. The minimum Gasteiger partial charge on any atom is -0.396 e. The van der Waals surface area contributed by atoms with Crippen molar-refractivity contribution in [2.45, 2.75) is 32.2 Å². The zero-order valence-electron chi connectivity index (χ0n) is 14.0. The number of carbonyl (C=O) groups excluding carboxylic acids is 1. The number of aliphatic hydroxyl groups is 1. The molecule has 126 valence electrons. The molecule has 0 aliphatic carbocycles. The van der Waals surface area contributed by atoms with Gasteiger partial charge in [-0.15, -0.1) is 0 Å². The summed E-state index contributed by atoms with van der Waals surface area (Å²) in [7, 11) is 0. The third-order valence-corrected chi connectivity index (χ3v) is 5.14. The van der Waals surface area contributed by atoms with Crippen molar-refractivity contribution >= 4 is 5.91 Å². The number of amides is 1. The summed E-state index contributed by atoms with van der Waals surface area (Å²) in [5, 5.41) is 9.51. The number of aryl methyl sites for hydroxylation is 1. The molecule has 1 heterocycles. The van der Waals surface area contributed by atoms with E-state index in [-0.39, 0.29) is 12.5 Å². The van der Waals surface area contributed by atoms with Crippen LogP contribution in [0.1, 0.15) is 30.4 Å². The Balaban J connectivity index is 1.69. The number of nitrogens with zero attached hydrogens (tertiary/aromatic N) is 1. The number of carbonyl (C=O) groups is 1. The molecular formula is C21H25NO2. The number of likely N-dealkylation sites (tertiary alicyclic amines) is 1. The minimum absolute atomic E-state index is 0.0692. The van der Waals surface area contributed by atoms with Gasteiger partial charge in [0.1, 0.15) is 0 Å². The summed E-state index contributed by atoms with van der Waals surface area (Å²) in [6, 6.07) is 20.4. The van der Waals surface area contributed by atoms with Crippen molar-refractivity contribution in [2.24, 2.45) is 5.41 Å². The van der Waals surface area contributed by atoms with Crippen molar-refractivity contribution in [3.8, 4) is 0 Å². The van der Waals surface area contributed by atoms with Crippen molar-refractivity contribution in [1.82, 2.24) is 4.90 Å². The van der Waals surface area contributed by atoms with E-state index in [1.165, 1.54) is 5.56 Å². The molecule has 0 spiro atoms. The molecule has 24 heavy (non-hydrogen) atoms. The summed E-state index contributed by atoms with van der Waals surface area (Å²) >= 11 is 0. The molecule has 1 aliphatic rings. The molecule has 1 amide bonds. The quantitative estimate of drug-likeness (QED) is 0.848. The SMILES string of the molecule is O=C1N(Cc2ccccc2)CCC1(CCO)CCc1ccccc1. The minimum atomic E-state index is -0.403. The van der Waals surface area contributed by atoms with E-state index in [1.54, 1.807) is 0 Å². The Labute approximate surface area is 143 Å². The van der Waals surface area contributed by atoms with Crippen LogP contribution in [0, 0.1) is 5.41 Å². The van der Waals surface area contributed by atoms with Gasteiger partial charge in [-0.05, 0) is 36.8 Å². The molecule has 1 aliphatic heterocycles. The van der Waals surface area contributed by atoms with Crippen molar-refractivity contribution < 1.29 is 9.90 Å². The van der Waals surface area contributed by atoms with Gasteiger partial charge in [0.15, 0.2) is 0 Å². The van der Waals surface area contributed by atoms with Crippen LogP contribution in [0.5, 0.6) is 0 Å². The van der Waals surface area contributed by atoms with E-state index in [4.69, 9.17) is 0 Å². The van der Waals surface area contributed by atoms with Gasteiger partial charge in [-0.1, -0.05) is 60.7 Å². The van der Waals surface area contributed by atoms with E-state index in [0.717, 1.165) is 31.4 Å². The molecule has 2 aromatic carbocycles. The first kappa shape index (κ1) is 16.7. The van der Waals surface area contributed by atoms with Gasteiger partial charge < -0.3 is 10.0 Å². The predicted octanol–water partition coefficient (Wildman–Crippen LogP) is 3.42. The lowest BCUT2D eigenvalue weighted by Crippen LogP contribution is -2.35. The number of hydrogen-bond donors (Lipinski definition) is 1. The van der Waals surface area contributed by atoms with Gasteiger partial charge >= 0.3 is 0 Å². The third-order valence-electron chi connectivity index (χ3n) is 5.14. The van der Waals surface area contributed by atoms with Crippen LogP contribution in [0.15, 0.2) is 60.7 Å². The molecule has 1 saturated heterocycles. The first-order chi connectivity index (χ1) is 11.7. The van der Waals surface area contributed by atoms with E-state index in [2.05, 4.69) is 24.3 Å². The molecule has 0 saturated carbocycles. The highest BCUT2D eigenvalue weighted by Gasteiger charge is 2.45. The number of benzene rings is 2. The van der Waals surface area contributed by atoms with E-state index in [9.17, 15) is 9.90 Å². The summed E-state index contributed by atoms with van der Waals surface area (Å²) < 4.78 is 0. The molecule has 0 radical (unpaired) electrons. The number of aliphatic hydroxyl groups excluding tert-OH is 1. The Morgan fingerprint density at radius 2 is 1.54 bits per heavy atom. The Bertz CT molecular complexity index is 656. The van der Waals surface area contributed by atoms with E-state index in [0.29, 0.717) is 13.0 Å². The lowest BCUT2D eigenvalue weighted by molar-refractivity contribution is -0.137. The van der Waals surface area contributed by atoms with E-state index < -0.39 is 5.41 Å². The van der Waals surface area contributed by atoms with Crippen molar-refractivity contribution in [3.63, 3.8) is 0 Å². The van der Waals surface area contributed by atoms with Crippen LogP contribution >= 0.6 is 0 Å². The van der Waals surface area contributed by atoms with Crippen molar-refractivity contribution in [2.75, 3.05) is 13.2 Å². The number of rotatable bonds is 7. The second-order valence-electron chi connectivity index (χ2n) is 6.70. The lowest BCUT2D eigenvalue weighted by Gasteiger charge is -2.27. The molecule has 1 fully saturated rings. The smallest absolute Gasteiger partial charge is 0.229 e. The standard InChI is InChI=1S/C21H25NO2/c23-16-14-21(12-11-18-7-3-1-4-8-18)13-15-22(20(21)24)17-19-9-5-2-6-10-19/h1-10,23H,11-17H2. The largest absolute Gasteiger partial charge is 0.396 e. The number of hydrogen-bond acceptors (Lipinski definition) is 2. The van der Waals surface area contributed by atoms with Crippen LogP contribution in [0.25, 0.3) is 0 Å². The molecule has 2 aromatic rings. The van der Waals surface area contributed by atoms with Gasteiger partial charge in [0.2, 0.25) is 5.91 Å². The maximum atomic E-state index is 13.1. The summed E-state index contributed by atoms with van der Waals surface area (Å²) in [5.74, 6) is 0.205. The highest BCUT2D eigenvalue weighted by molar-refractivity contribution is 5.84. The van der Waals surface area contributed by atoms with Gasteiger partial charge in [0, 0.05) is 19.7 Å². The maximum Gasteiger partial charge on any atom is 0.229 e. The van der Waals surface area contributed by atoms with Crippen LogP contribution in [0.2, 0.25) is 0 Å². The molecule has 1 atom stereocenters. The van der Waals surface area contributed by atoms with Gasteiger partial charge in [0.25, 0.3) is 0 Å². The summed E-state index contributed by atoms with van der Waals surface area (Å²) in [4.78, 5) is 15.0. The monoisotopic (exact) mass is 323 g/mol. The highest BCUT2D eigenvalue weighted by Crippen LogP contribution is 2.40. The summed E-state index contributed by atoms with van der Waals surface area (Å²) in [6.45, 7) is 1.51. The van der Waals surface area contributed by atoms with Crippen LogP contribution in [-0.4, -0.2) is 29.1 Å². The Morgan fingerprint density at radius 3 is 2.17 bits per heavy atom. The zero-order chi connectivity index (χ0) is 16.8. The zero-order valence-corrected chi connectivity index (χ0v) is 14.0. The van der Waals surface area contributed by atoms with Crippen LogP contribution in [0.4, 0.5) is 0 Å². The fraction of sp³-hybridized carbons (Fsp3) is 0.381. The second kappa shape index (κ2) is 7.63. The van der Waals surface area contributed by atoms with E-state index in [1.807, 2.05) is 41.3 Å². The molecule has 0 bridgehead atoms. The summed E-state index contributed by atoms with van der Waals surface area (Å²) in [5.41, 5.74) is 2.01. The molecule has 3 nitrogen and oxygen atoms in total. The van der Waals surface area contributed by atoms with Gasteiger partial charge in [-0.25, -0.2) is 0 Å². The van der Waals surface area contributed by atoms with Crippen molar-refractivity contribution in [3.05, 3.63) is 71.8 Å². The normalized spacial score (nSPS) is 20.5. The topological polar surface area (TPSA) is 40.5 Å². The fourth-order valence-corrected chi connectivity index (χ4v) is 3.68.